The molecule has 5 heteroatoms. The second-order valence-corrected chi connectivity index (χ2v) is 7.11. The van der Waals surface area contributed by atoms with E-state index >= 15 is 0 Å². The Balaban J connectivity index is 1.73. The van der Waals surface area contributed by atoms with E-state index in [-0.39, 0.29) is 12.6 Å². The van der Waals surface area contributed by atoms with Crippen LogP contribution in [0.2, 0.25) is 0 Å². The standard InChI is InChI=1S/C18H35N3O2/c1-2-20-11-6-9-17(20)15-19-18(23)21(13-14-22)12-10-16-7-4-3-5-8-16/h16-17,22H,2-15H2,1H3,(H,19,23). The maximum atomic E-state index is 12.4. The lowest BCUT2D eigenvalue weighted by Crippen LogP contribution is -2.47. The molecule has 134 valence electrons. The van der Waals surface area contributed by atoms with E-state index in [2.05, 4.69) is 17.1 Å². The lowest BCUT2D eigenvalue weighted by Gasteiger charge is -2.28. The lowest BCUT2D eigenvalue weighted by molar-refractivity contribution is 0.166. The minimum Gasteiger partial charge on any atom is -0.395 e. The molecule has 2 amide bonds. The molecule has 2 fully saturated rings. The van der Waals surface area contributed by atoms with Gasteiger partial charge in [0.05, 0.1) is 6.61 Å². The van der Waals surface area contributed by atoms with Gasteiger partial charge in [-0.2, -0.15) is 0 Å². The van der Waals surface area contributed by atoms with Crippen LogP contribution in [0.3, 0.4) is 0 Å². The minimum atomic E-state index is -0.00203. The average Bonchev–Trinajstić information content (AvgIpc) is 3.05. The monoisotopic (exact) mass is 325 g/mol. The number of aliphatic hydroxyl groups is 1. The van der Waals surface area contributed by atoms with Crippen molar-refractivity contribution in [3.63, 3.8) is 0 Å². The van der Waals surface area contributed by atoms with Crippen molar-refractivity contribution < 1.29 is 9.90 Å². The Morgan fingerprint density at radius 3 is 2.65 bits per heavy atom. The quantitative estimate of drug-likeness (QED) is 0.721. The number of aliphatic hydroxyl groups excluding tert-OH is 1. The summed E-state index contributed by atoms with van der Waals surface area (Å²) >= 11 is 0. The summed E-state index contributed by atoms with van der Waals surface area (Å²) in [4.78, 5) is 16.7. The third kappa shape index (κ3) is 5.96. The molecule has 1 aliphatic heterocycles. The molecule has 0 radical (unpaired) electrons. The van der Waals surface area contributed by atoms with E-state index in [1.54, 1.807) is 4.90 Å². The summed E-state index contributed by atoms with van der Waals surface area (Å²) < 4.78 is 0. The second-order valence-electron chi connectivity index (χ2n) is 7.11. The van der Waals surface area contributed by atoms with Crippen LogP contribution in [-0.2, 0) is 0 Å². The van der Waals surface area contributed by atoms with Crippen LogP contribution in [0, 0.1) is 5.92 Å². The molecule has 1 unspecified atom stereocenters. The average molecular weight is 325 g/mol. The molecule has 0 bridgehead atoms. The highest BCUT2D eigenvalue weighted by Gasteiger charge is 2.24. The molecular weight excluding hydrogens is 290 g/mol. The number of carbonyl (C=O) groups is 1. The number of amides is 2. The highest BCUT2D eigenvalue weighted by atomic mass is 16.3. The van der Waals surface area contributed by atoms with Crippen LogP contribution >= 0.6 is 0 Å². The van der Waals surface area contributed by atoms with E-state index in [0.717, 1.165) is 38.5 Å². The summed E-state index contributed by atoms with van der Waals surface area (Å²) in [5.74, 6) is 0.767. The van der Waals surface area contributed by atoms with Crippen LogP contribution in [0.1, 0.15) is 58.3 Å². The molecular formula is C18H35N3O2. The number of nitrogens with zero attached hydrogens (tertiary/aromatic N) is 2. The Morgan fingerprint density at radius 1 is 1.17 bits per heavy atom. The van der Waals surface area contributed by atoms with Gasteiger partial charge in [0.15, 0.2) is 0 Å². The highest BCUT2D eigenvalue weighted by molar-refractivity contribution is 5.74. The van der Waals surface area contributed by atoms with Crippen molar-refractivity contribution in [3.8, 4) is 0 Å². The molecule has 1 saturated heterocycles. The lowest BCUT2D eigenvalue weighted by atomic mass is 9.87. The summed E-state index contributed by atoms with van der Waals surface area (Å²) in [6, 6.07) is 0.482. The van der Waals surface area contributed by atoms with Gasteiger partial charge < -0.3 is 15.3 Å². The van der Waals surface area contributed by atoms with Gasteiger partial charge in [-0.1, -0.05) is 39.0 Å². The molecule has 1 saturated carbocycles. The topological polar surface area (TPSA) is 55.8 Å². The van der Waals surface area contributed by atoms with E-state index in [1.165, 1.54) is 44.9 Å². The van der Waals surface area contributed by atoms with Crippen molar-refractivity contribution in [3.05, 3.63) is 0 Å². The van der Waals surface area contributed by atoms with Crippen molar-refractivity contribution in [2.45, 2.75) is 64.3 Å². The molecule has 0 aromatic heterocycles. The van der Waals surface area contributed by atoms with Crippen molar-refractivity contribution in [1.29, 1.82) is 0 Å². The summed E-state index contributed by atoms with van der Waals surface area (Å²) in [6.07, 6.45) is 10.2. The number of carbonyl (C=O) groups excluding carboxylic acids is 1. The first kappa shape index (κ1) is 18.5. The van der Waals surface area contributed by atoms with Crippen LogP contribution in [0.5, 0.6) is 0 Å². The molecule has 0 aromatic carbocycles. The Labute approximate surface area is 141 Å². The Kier molecular flexibility index (Phi) is 8.17. The molecule has 1 aliphatic carbocycles. The van der Waals surface area contributed by atoms with Gasteiger partial charge in [-0.25, -0.2) is 4.79 Å². The third-order valence-corrected chi connectivity index (χ3v) is 5.58. The van der Waals surface area contributed by atoms with Gasteiger partial charge >= 0.3 is 6.03 Å². The molecule has 0 aromatic rings. The van der Waals surface area contributed by atoms with Gasteiger partial charge in [0.25, 0.3) is 0 Å². The van der Waals surface area contributed by atoms with E-state index in [1.807, 2.05) is 0 Å². The van der Waals surface area contributed by atoms with Gasteiger partial charge in [0.2, 0.25) is 0 Å². The second kappa shape index (κ2) is 10.1. The van der Waals surface area contributed by atoms with E-state index in [0.29, 0.717) is 12.6 Å². The van der Waals surface area contributed by atoms with Gasteiger partial charge in [0.1, 0.15) is 0 Å². The van der Waals surface area contributed by atoms with Crippen LogP contribution in [0.15, 0.2) is 0 Å². The van der Waals surface area contributed by atoms with Gasteiger partial charge in [-0.05, 0) is 38.3 Å². The van der Waals surface area contributed by atoms with Crippen LogP contribution in [0.25, 0.3) is 0 Å². The van der Waals surface area contributed by atoms with Gasteiger partial charge in [0, 0.05) is 25.7 Å². The summed E-state index contributed by atoms with van der Waals surface area (Å²) in [7, 11) is 0. The summed E-state index contributed by atoms with van der Waals surface area (Å²) in [6.45, 7) is 6.39. The number of rotatable bonds is 8. The Hall–Kier alpha value is -0.810. The summed E-state index contributed by atoms with van der Waals surface area (Å²) in [5.41, 5.74) is 0. The molecule has 2 N–H and O–H groups in total. The third-order valence-electron chi connectivity index (χ3n) is 5.58. The van der Waals surface area contributed by atoms with Crippen molar-refractivity contribution >= 4 is 6.03 Å². The fraction of sp³-hybridized carbons (Fsp3) is 0.944. The maximum absolute atomic E-state index is 12.4. The highest BCUT2D eigenvalue weighted by Crippen LogP contribution is 2.26. The van der Waals surface area contributed by atoms with Crippen molar-refractivity contribution in [2.24, 2.45) is 5.92 Å². The fourth-order valence-electron chi connectivity index (χ4n) is 4.11. The number of urea groups is 1. The molecule has 1 heterocycles. The number of hydrogen-bond donors (Lipinski definition) is 2. The zero-order valence-corrected chi connectivity index (χ0v) is 14.8. The molecule has 23 heavy (non-hydrogen) atoms. The Bertz CT molecular complexity index is 345. The van der Waals surface area contributed by atoms with Crippen molar-refractivity contribution in [2.75, 3.05) is 39.3 Å². The number of likely N-dealkylation sites (N-methyl/N-ethyl adjacent to an activating group) is 1. The first-order chi connectivity index (χ1) is 11.2. The Morgan fingerprint density at radius 2 is 1.96 bits per heavy atom. The smallest absolute Gasteiger partial charge is 0.317 e. The zero-order valence-electron chi connectivity index (χ0n) is 14.8. The van der Waals surface area contributed by atoms with E-state index in [4.69, 9.17) is 0 Å². The predicted octanol–water partition coefficient (Wildman–Crippen LogP) is 2.44. The largest absolute Gasteiger partial charge is 0.395 e. The zero-order chi connectivity index (χ0) is 16.5. The molecule has 2 aliphatic rings. The first-order valence-corrected chi connectivity index (χ1v) is 9.62. The van der Waals surface area contributed by atoms with Crippen LogP contribution < -0.4 is 5.32 Å². The summed E-state index contributed by atoms with van der Waals surface area (Å²) in [5, 5.41) is 12.3. The van der Waals surface area contributed by atoms with E-state index in [9.17, 15) is 9.90 Å². The van der Waals surface area contributed by atoms with E-state index < -0.39 is 0 Å². The van der Waals surface area contributed by atoms with Crippen LogP contribution in [-0.4, -0.2) is 66.3 Å². The molecule has 5 nitrogen and oxygen atoms in total. The molecule has 0 spiro atoms. The molecule has 1 atom stereocenters. The SMILES string of the molecule is CCN1CCCC1CNC(=O)N(CCO)CCC1CCCCC1. The number of likely N-dealkylation sites (tertiary alicyclic amines) is 1. The van der Waals surface area contributed by atoms with Crippen molar-refractivity contribution in [1.82, 2.24) is 15.1 Å². The van der Waals surface area contributed by atoms with Crippen LogP contribution in [0.4, 0.5) is 4.79 Å². The number of nitrogens with one attached hydrogen (secondary N) is 1. The normalized spacial score (nSPS) is 23.1. The van der Waals surface area contributed by atoms with Gasteiger partial charge in [-0.3, -0.25) is 4.90 Å². The minimum absolute atomic E-state index is 0.00203. The molecule has 2 rings (SSSR count). The predicted molar refractivity (Wildman–Crippen MR) is 93.5 cm³/mol. The maximum Gasteiger partial charge on any atom is 0.317 e. The first-order valence-electron chi connectivity index (χ1n) is 9.62. The van der Waals surface area contributed by atoms with Gasteiger partial charge in [-0.15, -0.1) is 0 Å². The number of hydrogen-bond acceptors (Lipinski definition) is 3. The fourth-order valence-corrected chi connectivity index (χ4v) is 4.11.